The minimum atomic E-state index is 0.550. The Hall–Kier alpha value is -0.960. The number of aromatic nitrogens is 1. The van der Waals surface area contributed by atoms with Gasteiger partial charge in [0.05, 0.1) is 16.9 Å². The number of halogens is 1. The molecule has 0 aliphatic carbocycles. The van der Waals surface area contributed by atoms with E-state index in [2.05, 4.69) is 23.7 Å². The number of rotatable bonds is 2. The van der Waals surface area contributed by atoms with Crippen LogP contribution in [0.2, 0.25) is 5.02 Å². The second kappa shape index (κ2) is 4.50. The summed E-state index contributed by atoms with van der Waals surface area (Å²) >= 11 is 6.20. The van der Waals surface area contributed by atoms with Gasteiger partial charge in [0, 0.05) is 12.6 Å². The summed E-state index contributed by atoms with van der Waals surface area (Å²) in [5.41, 5.74) is 6.27. The number of nitrogens with zero attached hydrogens (tertiary/aromatic N) is 2. The van der Waals surface area contributed by atoms with Crippen molar-refractivity contribution < 1.29 is 0 Å². The maximum atomic E-state index is 6.20. The fourth-order valence-corrected chi connectivity index (χ4v) is 2.69. The van der Waals surface area contributed by atoms with Gasteiger partial charge in [-0.3, -0.25) is 0 Å². The van der Waals surface area contributed by atoms with Crippen LogP contribution in [0, 0.1) is 5.92 Å². The number of nitrogens with two attached hydrogens (primary N) is 1. The third kappa shape index (κ3) is 2.09. The van der Waals surface area contributed by atoms with E-state index < -0.39 is 0 Å². The van der Waals surface area contributed by atoms with Crippen molar-refractivity contribution in [2.45, 2.75) is 32.7 Å². The highest BCUT2D eigenvalue weighted by Gasteiger charge is 2.29. The fourth-order valence-electron chi connectivity index (χ4n) is 2.41. The largest absolute Gasteiger partial charge is 0.397 e. The second-order valence-electron chi connectivity index (χ2n) is 4.72. The molecule has 1 aliphatic heterocycles. The molecule has 1 fully saturated rings. The Bertz CT molecular complexity index is 379. The van der Waals surface area contributed by atoms with Crippen LogP contribution in [0.1, 0.15) is 26.7 Å². The average Bonchev–Trinajstić information content (AvgIpc) is 2.66. The van der Waals surface area contributed by atoms with Gasteiger partial charge < -0.3 is 10.6 Å². The maximum absolute atomic E-state index is 6.20. The van der Waals surface area contributed by atoms with Crippen molar-refractivity contribution in [2.24, 2.45) is 5.92 Å². The molecule has 3 nitrogen and oxygen atoms in total. The summed E-state index contributed by atoms with van der Waals surface area (Å²) in [4.78, 5) is 6.67. The molecule has 0 aromatic carbocycles. The first kappa shape index (κ1) is 11.5. The molecule has 88 valence electrons. The van der Waals surface area contributed by atoms with Crippen LogP contribution in [0.15, 0.2) is 12.3 Å². The standard InChI is InChI=1S/C12H18ClN3/c1-8(2)11-4-3-5-16(11)12-10(13)6-9(14)7-15-12/h6-8,11H,3-5,14H2,1-2H3. The summed E-state index contributed by atoms with van der Waals surface area (Å²) < 4.78 is 0. The number of pyridine rings is 1. The van der Waals surface area contributed by atoms with E-state index in [0.29, 0.717) is 22.7 Å². The van der Waals surface area contributed by atoms with Gasteiger partial charge in [-0.15, -0.1) is 0 Å². The van der Waals surface area contributed by atoms with E-state index in [1.54, 1.807) is 12.3 Å². The third-order valence-electron chi connectivity index (χ3n) is 3.18. The third-order valence-corrected chi connectivity index (χ3v) is 3.46. The Morgan fingerprint density at radius 2 is 2.31 bits per heavy atom. The molecular formula is C12H18ClN3. The molecule has 0 radical (unpaired) electrons. The van der Waals surface area contributed by atoms with E-state index in [4.69, 9.17) is 17.3 Å². The van der Waals surface area contributed by atoms with Gasteiger partial charge in [0.2, 0.25) is 0 Å². The Balaban J connectivity index is 2.29. The van der Waals surface area contributed by atoms with E-state index >= 15 is 0 Å². The second-order valence-corrected chi connectivity index (χ2v) is 5.13. The summed E-state index contributed by atoms with van der Waals surface area (Å²) in [5.74, 6) is 1.50. The van der Waals surface area contributed by atoms with Crippen molar-refractivity contribution in [1.29, 1.82) is 0 Å². The quantitative estimate of drug-likeness (QED) is 0.863. The Kier molecular flexibility index (Phi) is 3.24. The molecule has 2 rings (SSSR count). The van der Waals surface area contributed by atoms with Gasteiger partial charge in [0.1, 0.15) is 5.82 Å². The summed E-state index contributed by atoms with van der Waals surface area (Å²) in [6.45, 7) is 5.53. The molecule has 2 N–H and O–H groups in total. The van der Waals surface area contributed by atoms with E-state index in [9.17, 15) is 0 Å². The molecule has 1 atom stereocenters. The van der Waals surface area contributed by atoms with Crippen LogP contribution in [-0.4, -0.2) is 17.6 Å². The topological polar surface area (TPSA) is 42.2 Å². The zero-order chi connectivity index (χ0) is 11.7. The van der Waals surface area contributed by atoms with Gasteiger partial charge in [-0.1, -0.05) is 25.4 Å². The molecule has 16 heavy (non-hydrogen) atoms. The highest BCUT2D eigenvalue weighted by molar-refractivity contribution is 6.33. The Labute approximate surface area is 102 Å². The van der Waals surface area contributed by atoms with Crippen molar-refractivity contribution in [3.63, 3.8) is 0 Å². The summed E-state index contributed by atoms with van der Waals surface area (Å²) in [5, 5.41) is 0.660. The van der Waals surface area contributed by atoms with Gasteiger partial charge >= 0.3 is 0 Å². The predicted molar refractivity (Wildman–Crippen MR) is 68.9 cm³/mol. The van der Waals surface area contributed by atoms with Gasteiger partial charge in [0.15, 0.2) is 0 Å². The van der Waals surface area contributed by atoms with Crippen LogP contribution in [0.5, 0.6) is 0 Å². The first-order valence-electron chi connectivity index (χ1n) is 5.77. The first-order chi connectivity index (χ1) is 7.59. The van der Waals surface area contributed by atoms with Crippen molar-refractivity contribution in [3.8, 4) is 0 Å². The zero-order valence-corrected chi connectivity index (χ0v) is 10.5. The van der Waals surface area contributed by atoms with Crippen LogP contribution in [0.25, 0.3) is 0 Å². The monoisotopic (exact) mass is 239 g/mol. The van der Waals surface area contributed by atoms with Crippen LogP contribution in [-0.2, 0) is 0 Å². The summed E-state index contributed by atoms with van der Waals surface area (Å²) in [7, 11) is 0. The molecule has 0 amide bonds. The molecule has 1 saturated heterocycles. The lowest BCUT2D eigenvalue weighted by molar-refractivity contribution is 0.490. The molecule has 1 aromatic rings. The number of nitrogen functional groups attached to an aromatic ring is 1. The van der Waals surface area contributed by atoms with E-state index in [1.807, 2.05) is 0 Å². The Morgan fingerprint density at radius 3 is 2.94 bits per heavy atom. The first-order valence-corrected chi connectivity index (χ1v) is 6.15. The molecule has 1 aliphatic rings. The zero-order valence-electron chi connectivity index (χ0n) is 9.78. The summed E-state index contributed by atoms with van der Waals surface area (Å²) in [6.07, 6.45) is 4.11. The van der Waals surface area contributed by atoms with Gasteiger partial charge in [-0.05, 0) is 24.8 Å². The SMILES string of the molecule is CC(C)C1CCCN1c1ncc(N)cc1Cl. The van der Waals surface area contributed by atoms with Gasteiger partial charge in [-0.25, -0.2) is 4.98 Å². The number of hydrogen-bond acceptors (Lipinski definition) is 3. The smallest absolute Gasteiger partial charge is 0.147 e. The number of hydrogen-bond donors (Lipinski definition) is 1. The molecule has 1 unspecified atom stereocenters. The van der Waals surface area contributed by atoms with Crippen LogP contribution >= 0.6 is 11.6 Å². The lowest BCUT2D eigenvalue weighted by Gasteiger charge is -2.29. The average molecular weight is 240 g/mol. The molecule has 4 heteroatoms. The van der Waals surface area contributed by atoms with Crippen molar-refractivity contribution in [1.82, 2.24) is 4.98 Å². The van der Waals surface area contributed by atoms with Gasteiger partial charge in [0.25, 0.3) is 0 Å². The molecule has 1 aromatic heterocycles. The van der Waals surface area contributed by atoms with E-state index in [-0.39, 0.29) is 0 Å². The molecule has 0 saturated carbocycles. The molecular weight excluding hydrogens is 222 g/mol. The maximum Gasteiger partial charge on any atom is 0.147 e. The van der Waals surface area contributed by atoms with Crippen LogP contribution < -0.4 is 10.6 Å². The van der Waals surface area contributed by atoms with Crippen molar-refractivity contribution in [3.05, 3.63) is 17.3 Å². The number of anilines is 2. The molecule has 2 heterocycles. The lowest BCUT2D eigenvalue weighted by atomic mass is 10.0. The minimum absolute atomic E-state index is 0.550. The minimum Gasteiger partial charge on any atom is -0.397 e. The van der Waals surface area contributed by atoms with Crippen LogP contribution in [0.4, 0.5) is 11.5 Å². The Morgan fingerprint density at radius 1 is 1.56 bits per heavy atom. The molecule has 0 bridgehead atoms. The summed E-state index contributed by atoms with van der Waals surface area (Å²) in [6, 6.07) is 2.33. The predicted octanol–water partition coefficient (Wildman–Crippen LogP) is 2.94. The normalized spacial score (nSPS) is 20.8. The fraction of sp³-hybridized carbons (Fsp3) is 0.583. The lowest BCUT2D eigenvalue weighted by Crippen LogP contribution is -2.34. The van der Waals surface area contributed by atoms with E-state index in [0.717, 1.165) is 12.4 Å². The van der Waals surface area contributed by atoms with Crippen LogP contribution in [0.3, 0.4) is 0 Å². The van der Waals surface area contributed by atoms with E-state index in [1.165, 1.54) is 12.8 Å². The van der Waals surface area contributed by atoms with Crippen molar-refractivity contribution >= 4 is 23.1 Å². The highest BCUT2D eigenvalue weighted by atomic mass is 35.5. The van der Waals surface area contributed by atoms with Gasteiger partial charge in [-0.2, -0.15) is 0 Å². The highest BCUT2D eigenvalue weighted by Crippen LogP contribution is 2.33. The molecule has 0 spiro atoms. The van der Waals surface area contributed by atoms with Crippen molar-refractivity contribution in [2.75, 3.05) is 17.2 Å².